The van der Waals surface area contributed by atoms with E-state index in [1.165, 1.54) is 18.2 Å². The first kappa shape index (κ1) is 17.7. The molecule has 0 aromatic heterocycles. The lowest BCUT2D eigenvalue weighted by Gasteiger charge is -2.43. The highest BCUT2D eigenvalue weighted by atomic mass is 16.4. The maximum Gasteiger partial charge on any atom is 0.196 e. The van der Waals surface area contributed by atoms with E-state index in [2.05, 4.69) is 5.11 Å². The van der Waals surface area contributed by atoms with Crippen LogP contribution < -0.4 is 0 Å². The van der Waals surface area contributed by atoms with Crippen LogP contribution in [0.4, 0.5) is 0 Å². The lowest BCUT2D eigenvalue weighted by atomic mass is 9.73. The van der Waals surface area contributed by atoms with Crippen LogP contribution >= 0.6 is 0 Å². The molecule has 0 fully saturated rings. The van der Waals surface area contributed by atoms with Gasteiger partial charge in [-0.05, 0) is 24.1 Å². The van der Waals surface area contributed by atoms with Gasteiger partial charge in [0.05, 0.1) is 11.6 Å². The number of phenols is 1. The molecule has 0 saturated carbocycles. The number of aliphatic hydroxyl groups excluding tert-OH is 3. The Bertz CT molecular complexity index is 991. The molecular formula is C18H15N2O7-. The fourth-order valence-corrected chi connectivity index (χ4v) is 4.14. The number of aliphatic hydroxyl groups is 4. The first-order chi connectivity index (χ1) is 12.6. The topological polar surface area (TPSA) is 170 Å². The molecule has 1 unspecified atom stereocenters. The zero-order valence-corrected chi connectivity index (χ0v) is 14.0. The number of rotatable bonds is 1. The van der Waals surface area contributed by atoms with Gasteiger partial charge in [0.25, 0.3) is 0 Å². The monoisotopic (exact) mass is 371 g/mol. The number of ketones is 2. The number of hydrogen-bond donors (Lipinski definition) is 5. The maximum atomic E-state index is 13.0. The van der Waals surface area contributed by atoms with Gasteiger partial charge in [0.1, 0.15) is 29.7 Å². The van der Waals surface area contributed by atoms with Crippen molar-refractivity contribution in [3.05, 3.63) is 57.1 Å². The second-order valence-electron chi connectivity index (χ2n) is 7.05. The number of benzene rings is 1. The number of aromatic hydroxyl groups is 1. The van der Waals surface area contributed by atoms with Crippen LogP contribution in [0.25, 0.3) is 5.53 Å². The third-order valence-electron chi connectivity index (χ3n) is 5.56. The van der Waals surface area contributed by atoms with Gasteiger partial charge >= 0.3 is 0 Å². The molecule has 1 aromatic carbocycles. The van der Waals surface area contributed by atoms with Crippen molar-refractivity contribution in [1.29, 1.82) is 0 Å². The summed E-state index contributed by atoms with van der Waals surface area (Å²) >= 11 is 0. The van der Waals surface area contributed by atoms with Crippen LogP contribution in [0.2, 0.25) is 0 Å². The molecule has 3 aliphatic rings. The Morgan fingerprint density at radius 3 is 2.41 bits per heavy atom. The minimum atomic E-state index is -2.21. The summed E-state index contributed by atoms with van der Waals surface area (Å²) in [5.74, 6) is -1.97. The van der Waals surface area contributed by atoms with Crippen LogP contribution in [0.3, 0.4) is 0 Å². The smallest absolute Gasteiger partial charge is 0.196 e. The SMILES string of the molecule is C[C@@]1(O)[C@H](O)C2=C(C3=C(C(=O)c4c(O)cccc4C3=O)C2N=[N-])[C@H](O)[C@@H]1O. The van der Waals surface area contributed by atoms with Crippen molar-refractivity contribution in [2.24, 2.45) is 5.11 Å². The van der Waals surface area contributed by atoms with Crippen LogP contribution in [0.15, 0.2) is 45.6 Å². The van der Waals surface area contributed by atoms with E-state index in [1.54, 1.807) is 0 Å². The standard InChI is InChI=1S/C18H15N2O7/c1-18(27)16(25)11-9(15(24)17(18)26)8-10(12(11)20-19)14(23)7-5(13(8)22)3-2-4-6(7)21/h2-4,12,15-17,21,24-27H,1H3/q-1/t12?,15-,16+,17-,18+/m0/s1. The number of hydrogen-bond acceptors (Lipinski definition) is 8. The summed E-state index contributed by atoms with van der Waals surface area (Å²) in [6, 6.07) is 2.39. The average Bonchev–Trinajstić information content (AvgIpc) is 2.98. The number of fused-ring (bicyclic) bond motifs is 2. The fourth-order valence-electron chi connectivity index (χ4n) is 4.14. The number of carbonyl (C=O) groups is 2. The fraction of sp³-hybridized carbons (Fsp3) is 0.333. The maximum absolute atomic E-state index is 13.0. The molecule has 0 aliphatic heterocycles. The summed E-state index contributed by atoms with van der Waals surface area (Å²) in [6.07, 6.45) is -5.47. The van der Waals surface area contributed by atoms with Gasteiger partial charge in [-0.1, -0.05) is 12.1 Å². The quantitative estimate of drug-likeness (QED) is 0.419. The first-order valence-corrected chi connectivity index (χ1v) is 8.15. The lowest BCUT2D eigenvalue weighted by Crippen LogP contribution is -2.60. The molecule has 4 rings (SSSR count). The van der Waals surface area contributed by atoms with Gasteiger partial charge in [-0.15, -0.1) is 0 Å². The molecule has 0 amide bonds. The van der Waals surface area contributed by atoms with Crippen molar-refractivity contribution < 1.29 is 35.1 Å². The second kappa shape index (κ2) is 5.40. The van der Waals surface area contributed by atoms with E-state index in [4.69, 9.17) is 0 Å². The van der Waals surface area contributed by atoms with E-state index < -0.39 is 47.3 Å². The average molecular weight is 371 g/mol. The van der Waals surface area contributed by atoms with Crippen molar-refractivity contribution in [1.82, 2.24) is 0 Å². The van der Waals surface area contributed by atoms with Crippen molar-refractivity contribution in [2.75, 3.05) is 0 Å². The van der Waals surface area contributed by atoms with Gasteiger partial charge in [-0.25, -0.2) is 0 Å². The first-order valence-electron chi connectivity index (χ1n) is 8.15. The van der Waals surface area contributed by atoms with E-state index in [0.717, 1.165) is 6.92 Å². The predicted molar refractivity (Wildman–Crippen MR) is 89.0 cm³/mol. The largest absolute Gasteiger partial charge is 0.711 e. The summed E-state index contributed by atoms with van der Waals surface area (Å²) in [5.41, 5.74) is 5.80. The Balaban J connectivity index is 2.02. The van der Waals surface area contributed by atoms with Crippen LogP contribution in [0.1, 0.15) is 27.6 Å². The van der Waals surface area contributed by atoms with Crippen LogP contribution in [0, 0.1) is 0 Å². The molecule has 3 aliphatic carbocycles. The normalized spacial score (nSPS) is 35.1. The Morgan fingerprint density at radius 1 is 1.11 bits per heavy atom. The van der Waals surface area contributed by atoms with E-state index in [1.807, 2.05) is 0 Å². The van der Waals surface area contributed by atoms with Crippen molar-refractivity contribution in [2.45, 2.75) is 36.9 Å². The number of carbonyl (C=O) groups excluding carboxylic acids is 2. The van der Waals surface area contributed by atoms with Crippen molar-refractivity contribution in [3.63, 3.8) is 0 Å². The van der Waals surface area contributed by atoms with Gasteiger partial charge in [-0.3, -0.25) is 9.59 Å². The summed E-state index contributed by atoms with van der Waals surface area (Å²) in [7, 11) is 0. The molecule has 140 valence electrons. The highest BCUT2D eigenvalue weighted by molar-refractivity contribution is 6.31. The molecule has 0 saturated heterocycles. The van der Waals surface area contributed by atoms with Gasteiger partial charge in [0.2, 0.25) is 0 Å². The third kappa shape index (κ3) is 1.96. The molecule has 1 aromatic rings. The van der Waals surface area contributed by atoms with Gasteiger partial charge < -0.3 is 36.2 Å². The Kier molecular flexibility index (Phi) is 3.53. The second-order valence-corrected chi connectivity index (χ2v) is 7.05. The summed E-state index contributed by atoms with van der Waals surface area (Å²) in [6.45, 7) is 1.07. The Morgan fingerprint density at radius 2 is 1.78 bits per heavy atom. The molecule has 9 heteroatoms. The molecule has 27 heavy (non-hydrogen) atoms. The van der Waals surface area contributed by atoms with Crippen molar-refractivity contribution >= 4 is 11.6 Å². The summed E-state index contributed by atoms with van der Waals surface area (Å²) in [4.78, 5) is 26.0. The minimum Gasteiger partial charge on any atom is -0.711 e. The van der Waals surface area contributed by atoms with Crippen LogP contribution in [-0.2, 0) is 0 Å². The molecule has 5 atom stereocenters. The molecule has 0 bridgehead atoms. The van der Waals surface area contributed by atoms with Crippen LogP contribution in [0.5, 0.6) is 5.75 Å². The van der Waals surface area contributed by atoms with Gasteiger partial charge in [-0.2, -0.15) is 0 Å². The zero-order chi connectivity index (χ0) is 19.8. The van der Waals surface area contributed by atoms with Crippen molar-refractivity contribution in [3.8, 4) is 5.75 Å². The van der Waals surface area contributed by atoms with Gasteiger partial charge in [0.15, 0.2) is 11.6 Å². The molecule has 9 nitrogen and oxygen atoms in total. The van der Waals surface area contributed by atoms with E-state index in [0.29, 0.717) is 0 Å². The molecule has 5 N–H and O–H groups in total. The molecule has 0 spiro atoms. The minimum absolute atomic E-state index is 0.113. The van der Waals surface area contributed by atoms with Gasteiger partial charge in [0, 0.05) is 16.7 Å². The molecule has 0 heterocycles. The highest BCUT2D eigenvalue weighted by Crippen LogP contribution is 2.50. The number of nitrogens with zero attached hydrogens (tertiary/aromatic N) is 2. The van der Waals surface area contributed by atoms with Crippen LogP contribution in [-0.4, -0.2) is 67.1 Å². The summed E-state index contributed by atoms with van der Waals surface area (Å²) in [5, 5.41) is 54.8. The Labute approximate surface area is 152 Å². The van der Waals surface area contributed by atoms with E-state index >= 15 is 0 Å². The molecular weight excluding hydrogens is 356 g/mol. The predicted octanol–water partition coefficient (Wildman–Crippen LogP) is -0.384. The van der Waals surface area contributed by atoms with E-state index in [-0.39, 0.29) is 33.4 Å². The number of phenolic OH excluding ortho intramolecular Hbond substituents is 1. The Hall–Kier alpha value is -2.72. The summed E-state index contributed by atoms with van der Waals surface area (Å²) < 4.78 is 0. The van der Waals surface area contributed by atoms with E-state index in [9.17, 15) is 40.7 Å². The zero-order valence-electron chi connectivity index (χ0n) is 14.0. The number of Topliss-reactive ketones (excluding diaryl/α,β-unsaturated/α-hetero) is 2. The highest BCUT2D eigenvalue weighted by Gasteiger charge is 2.57. The molecule has 0 radical (unpaired) electrons. The third-order valence-corrected chi connectivity index (χ3v) is 5.56. The lowest BCUT2D eigenvalue weighted by molar-refractivity contribution is -0.159.